The van der Waals surface area contributed by atoms with Gasteiger partial charge in [0.1, 0.15) is 5.82 Å². The van der Waals surface area contributed by atoms with Crippen LogP contribution in [0.1, 0.15) is 18.9 Å². The van der Waals surface area contributed by atoms with Crippen LogP contribution in [0, 0.1) is 5.82 Å². The van der Waals surface area contributed by atoms with Crippen molar-refractivity contribution in [2.75, 3.05) is 26.7 Å². The molecule has 1 fully saturated rings. The fourth-order valence-corrected chi connectivity index (χ4v) is 3.56. The molecule has 0 aliphatic carbocycles. The number of halogens is 1. The lowest BCUT2D eigenvalue weighted by molar-refractivity contribution is -0.165. The number of likely N-dealkylation sites (N-methyl/N-ethyl adjacent to an activating group) is 1. The van der Waals surface area contributed by atoms with Gasteiger partial charge in [0, 0.05) is 26.4 Å². The van der Waals surface area contributed by atoms with Crippen molar-refractivity contribution < 1.29 is 18.7 Å². The van der Waals surface area contributed by atoms with E-state index in [0.29, 0.717) is 26.0 Å². The average molecular weight is 384 g/mol. The minimum absolute atomic E-state index is 0.0169. The van der Waals surface area contributed by atoms with E-state index in [4.69, 9.17) is 4.74 Å². The van der Waals surface area contributed by atoms with E-state index in [1.807, 2.05) is 31.2 Å². The lowest BCUT2D eigenvalue weighted by Gasteiger charge is -2.41. The first-order valence-corrected chi connectivity index (χ1v) is 9.46. The molecule has 3 rings (SSSR count). The third kappa shape index (κ3) is 4.22. The van der Waals surface area contributed by atoms with E-state index in [2.05, 4.69) is 5.32 Å². The van der Waals surface area contributed by atoms with Crippen LogP contribution in [0.4, 0.5) is 4.39 Å². The molecule has 0 bridgehead atoms. The number of amides is 2. The lowest BCUT2D eigenvalue weighted by atomic mass is 9.90. The molecule has 0 radical (unpaired) electrons. The predicted octanol–water partition coefficient (Wildman–Crippen LogP) is 2.79. The number of carbonyl (C=O) groups excluding carboxylic acids is 2. The van der Waals surface area contributed by atoms with E-state index in [0.717, 1.165) is 16.7 Å². The number of nitrogens with zero attached hydrogens (tertiary/aromatic N) is 1. The minimum atomic E-state index is -1.10. The Morgan fingerprint density at radius 3 is 2.29 bits per heavy atom. The molecule has 1 heterocycles. The molecule has 2 aromatic carbocycles. The second-order valence-corrected chi connectivity index (χ2v) is 6.97. The van der Waals surface area contributed by atoms with Crippen molar-refractivity contribution in [2.45, 2.75) is 25.4 Å². The number of nitrogens with one attached hydrogen (secondary N) is 1. The first-order valence-electron chi connectivity index (χ1n) is 9.46. The smallest absolute Gasteiger partial charge is 0.254 e. The Morgan fingerprint density at radius 1 is 1.11 bits per heavy atom. The van der Waals surface area contributed by atoms with Crippen LogP contribution >= 0.6 is 0 Å². The Balaban J connectivity index is 1.82. The van der Waals surface area contributed by atoms with Gasteiger partial charge in [-0.2, -0.15) is 0 Å². The van der Waals surface area contributed by atoms with Gasteiger partial charge < -0.3 is 15.0 Å². The van der Waals surface area contributed by atoms with Gasteiger partial charge in [-0.25, -0.2) is 4.39 Å². The van der Waals surface area contributed by atoms with E-state index in [1.165, 1.54) is 12.1 Å². The van der Waals surface area contributed by atoms with Gasteiger partial charge in [0.05, 0.1) is 13.2 Å². The van der Waals surface area contributed by atoms with Gasteiger partial charge in [0.15, 0.2) is 5.60 Å². The van der Waals surface area contributed by atoms with Crippen LogP contribution in [-0.2, 0) is 20.7 Å². The summed E-state index contributed by atoms with van der Waals surface area (Å²) in [6, 6.07) is 14.1. The van der Waals surface area contributed by atoms with Crippen molar-refractivity contribution in [1.29, 1.82) is 0 Å². The molecule has 0 spiro atoms. The molecule has 2 amide bonds. The summed E-state index contributed by atoms with van der Waals surface area (Å²) < 4.78 is 19.0. The fraction of sp³-hybridized carbons (Fsp3) is 0.364. The maximum Gasteiger partial charge on any atom is 0.254 e. The van der Waals surface area contributed by atoms with Crippen LogP contribution in [0.15, 0.2) is 48.5 Å². The van der Waals surface area contributed by atoms with Crippen molar-refractivity contribution in [2.24, 2.45) is 0 Å². The van der Waals surface area contributed by atoms with E-state index in [9.17, 15) is 14.0 Å². The van der Waals surface area contributed by atoms with Gasteiger partial charge in [-0.1, -0.05) is 43.3 Å². The van der Waals surface area contributed by atoms with Crippen LogP contribution in [0.5, 0.6) is 0 Å². The van der Waals surface area contributed by atoms with E-state index < -0.39 is 5.60 Å². The number of ether oxygens (including phenoxy) is 1. The Kier molecular flexibility index (Phi) is 6.09. The van der Waals surface area contributed by atoms with Crippen LogP contribution < -0.4 is 5.32 Å². The summed E-state index contributed by atoms with van der Waals surface area (Å²) in [7, 11) is 1.58. The van der Waals surface area contributed by atoms with Crippen LogP contribution in [-0.4, -0.2) is 49.1 Å². The Morgan fingerprint density at radius 2 is 1.71 bits per heavy atom. The topological polar surface area (TPSA) is 58.6 Å². The second-order valence-electron chi connectivity index (χ2n) is 6.97. The zero-order valence-corrected chi connectivity index (χ0v) is 16.2. The molecule has 28 heavy (non-hydrogen) atoms. The summed E-state index contributed by atoms with van der Waals surface area (Å²) in [6.07, 6.45) is 0.764. The maximum atomic E-state index is 13.1. The molecule has 0 saturated carbocycles. The van der Waals surface area contributed by atoms with Crippen molar-refractivity contribution >= 4 is 11.8 Å². The monoisotopic (exact) mass is 384 g/mol. The van der Waals surface area contributed by atoms with Crippen molar-refractivity contribution in [3.05, 3.63) is 59.9 Å². The molecule has 1 saturated heterocycles. The third-order valence-corrected chi connectivity index (χ3v) is 5.10. The number of rotatable bonds is 5. The van der Waals surface area contributed by atoms with E-state index in [1.54, 1.807) is 24.1 Å². The Bertz CT molecular complexity index is 836. The van der Waals surface area contributed by atoms with Crippen LogP contribution in [0.2, 0.25) is 0 Å². The molecule has 0 unspecified atom stereocenters. The quantitative estimate of drug-likeness (QED) is 0.862. The van der Waals surface area contributed by atoms with Gasteiger partial charge in [-0.05, 0) is 28.8 Å². The summed E-state index contributed by atoms with van der Waals surface area (Å²) in [5.74, 6) is -0.486. The standard InChI is InChI=1S/C22H25FN2O3/c1-3-20(26)25-12-13-28-22(15-25,21(27)24-2)14-16-4-6-17(7-5-16)18-8-10-19(23)11-9-18/h4-11H,3,12-15H2,1-2H3,(H,24,27)/t22-/m0/s1. The van der Waals surface area contributed by atoms with Crippen molar-refractivity contribution in [1.82, 2.24) is 10.2 Å². The molecule has 0 aromatic heterocycles. The summed E-state index contributed by atoms with van der Waals surface area (Å²) in [4.78, 5) is 26.5. The highest BCUT2D eigenvalue weighted by atomic mass is 19.1. The van der Waals surface area contributed by atoms with E-state index in [-0.39, 0.29) is 24.2 Å². The molecule has 5 nitrogen and oxygen atoms in total. The van der Waals surface area contributed by atoms with E-state index >= 15 is 0 Å². The number of morpholine rings is 1. The lowest BCUT2D eigenvalue weighted by Crippen LogP contribution is -2.61. The minimum Gasteiger partial charge on any atom is -0.361 e. The fourth-order valence-electron chi connectivity index (χ4n) is 3.56. The third-order valence-electron chi connectivity index (χ3n) is 5.10. The second kappa shape index (κ2) is 8.52. The van der Waals surface area contributed by atoms with Gasteiger partial charge in [-0.15, -0.1) is 0 Å². The Hall–Kier alpha value is -2.73. The first-order chi connectivity index (χ1) is 13.5. The zero-order chi connectivity index (χ0) is 20.1. The number of hydrogen-bond acceptors (Lipinski definition) is 3. The van der Waals surface area contributed by atoms with Gasteiger partial charge in [0.25, 0.3) is 5.91 Å². The molecule has 1 atom stereocenters. The molecule has 1 aliphatic heterocycles. The molecular weight excluding hydrogens is 359 g/mol. The van der Waals surface area contributed by atoms with Crippen LogP contribution in [0.25, 0.3) is 11.1 Å². The van der Waals surface area contributed by atoms with Gasteiger partial charge in [0.2, 0.25) is 5.91 Å². The number of hydrogen-bond donors (Lipinski definition) is 1. The van der Waals surface area contributed by atoms with Gasteiger partial charge in [-0.3, -0.25) is 9.59 Å². The molecule has 1 aliphatic rings. The van der Waals surface area contributed by atoms with Crippen molar-refractivity contribution in [3.63, 3.8) is 0 Å². The summed E-state index contributed by atoms with van der Waals surface area (Å²) in [5.41, 5.74) is 1.71. The molecule has 2 aromatic rings. The zero-order valence-electron chi connectivity index (χ0n) is 16.2. The molecule has 6 heteroatoms. The summed E-state index contributed by atoms with van der Waals surface area (Å²) >= 11 is 0. The summed E-state index contributed by atoms with van der Waals surface area (Å²) in [5, 5.41) is 2.68. The molecule has 148 valence electrons. The SMILES string of the molecule is CCC(=O)N1CCO[C@](Cc2ccc(-c3ccc(F)cc3)cc2)(C(=O)NC)C1. The predicted molar refractivity (Wildman–Crippen MR) is 105 cm³/mol. The first kappa shape index (κ1) is 20.0. The van der Waals surface area contributed by atoms with Gasteiger partial charge >= 0.3 is 0 Å². The van der Waals surface area contributed by atoms with Crippen LogP contribution in [0.3, 0.4) is 0 Å². The average Bonchev–Trinajstić information content (AvgIpc) is 2.74. The van der Waals surface area contributed by atoms with Crippen molar-refractivity contribution in [3.8, 4) is 11.1 Å². The largest absolute Gasteiger partial charge is 0.361 e. The normalized spacial score (nSPS) is 19.3. The highest BCUT2D eigenvalue weighted by molar-refractivity contribution is 5.87. The maximum absolute atomic E-state index is 13.1. The number of benzene rings is 2. The molecular formula is C22H25FN2O3. The highest BCUT2D eigenvalue weighted by Crippen LogP contribution is 2.26. The Labute approximate surface area is 164 Å². The molecule has 1 N–H and O–H groups in total. The summed E-state index contributed by atoms with van der Waals surface area (Å²) in [6.45, 7) is 2.87. The number of carbonyl (C=O) groups is 2. The highest BCUT2D eigenvalue weighted by Gasteiger charge is 2.44.